The fraction of sp³-hybridized carbons (Fsp3) is 0.273. The van der Waals surface area contributed by atoms with Gasteiger partial charge in [0, 0.05) is 12.8 Å². The largest absolute Gasteiger partial charge is 0.480 e. The molecule has 3 N–H and O–H groups in total. The number of rotatable bonds is 5. The highest BCUT2D eigenvalue weighted by atomic mass is 32.2. The topological polar surface area (TPSA) is 113 Å². The molecule has 0 saturated carbocycles. The average Bonchev–Trinajstić information content (AvgIpc) is 2.33. The first kappa shape index (κ1) is 15.0. The van der Waals surface area contributed by atoms with Gasteiger partial charge in [-0.1, -0.05) is 12.1 Å². The van der Waals surface area contributed by atoms with E-state index in [0.29, 0.717) is 5.56 Å². The molecule has 7 nitrogen and oxygen atoms in total. The molecule has 1 aromatic rings. The van der Waals surface area contributed by atoms with E-state index < -0.39 is 28.4 Å². The monoisotopic (exact) mass is 286 g/mol. The molecule has 0 aliphatic carbocycles. The lowest BCUT2D eigenvalue weighted by Gasteiger charge is -2.06. The molecule has 2 amide bonds. The molecule has 0 heterocycles. The number of carboxylic acids is 1. The standard InChI is InChI=1S/C11H14N2O5S/c1-19(17,18)9-4-2-8(3-5-9)6-12-11(16)13-7-10(14)15/h2-5H,6-7H2,1H3,(H,14,15)(H2,12,13,16). The summed E-state index contributed by atoms with van der Waals surface area (Å²) in [6, 6.07) is 5.44. The summed E-state index contributed by atoms with van der Waals surface area (Å²) >= 11 is 0. The van der Waals surface area contributed by atoms with Crippen molar-refractivity contribution in [3.8, 4) is 0 Å². The highest BCUT2D eigenvalue weighted by molar-refractivity contribution is 7.90. The van der Waals surface area contributed by atoms with Crippen molar-refractivity contribution in [1.82, 2.24) is 10.6 Å². The number of benzene rings is 1. The zero-order valence-corrected chi connectivity index (χ0v) is 11.0. The van der Waals surface area contributed by atoms with E-state index in [1.54, 1.807) is 12.1 Å². The van der Waals surface area contributed by atoms with Crippen LogP contribution in [0.25, 0.3) is 0 Å². The molecule has 0 aliphatic heterocycles. The van der Waals surface area contributed by atoms with Gasteiger partial charge in [0.1, 0.15) is 6.54 Å². The second-order valence-corrected chi connectivity index (χ2v) is 5.86. The molecule has 0 atom stereocenters. The van der Waals surface area contributed by atoms with Gasteiger partial charge in [-0.15, -0.1) is 0 Å². The SMILES string of the molecule is CS(=O)(=O)c1ccc(CNC(=O)NCC(=O)O)cc1. The summed E-state index contributed by atoms with van der Waals surface area (Å²) in [7, 11) is -3.23. The predicted molar refractivity (Wildman–Crippen MR) is 67.4 cm³/mol. The molecule has 0 unspecified atom stereocenters. The van der Waals surface area contributed by atoms with E-state index >= 15 is 0 Å². The van der Waals surface area contributed by atoms with Crippen LogP contribution < -0.4 is 10.6 Å². The first-order valence-corrected chi connectivity index (χ1v) is 7.20. The highest BCUT2D eigenvalue weighted by Gasteiger charge is 2.07. The summed E-state index contributed by atoms with van der Waals surface area (Å²) in [6.07, 6.45) is 1.11. The van der Waals surface area contributed by atoms with E-state index in [4.69, 9.17) is 5.11 Å². The third kappa shape index (κ3) is 5.38. The molecular formula is C11H14N2O5S. The van der Waals surface area contributed by atoms with E-state index in [0.717, 1.165) is 6.26 Å². The average molecular weight is 286 g/mol. The van der Waals surface area contributed by atoms with Crippen LogP contribution in [0.1, 0.15) is 5.56 Å². The van der Waals surface area contributed by atoms with Crippen molar-refractivity contribution in [3.05, 3.63) is 29.8 Å². The molecule has 0 radical (unpaired) electrons. The van der Waals surface area contributed by atoms with E-state index in [1.165, 1.54) is 12.1 Å². The number of carbonyl (C=O) groups is 2. The summed E-state index contributed by atoms with van der Waals surface area (Å²) in [5.74, 6) is -1.13. The first-order chi connectivity index (χ1) is 8.79. The maximum atomic E-state index is 11.2. The summed E-state index contributed by atoms with van der Waals surface area (Å²) in [5.41, 5.74) is 0.706. The van der Waals surface area contributed by atoms with Gasteiger partial charge in [-0.3, -0.25) is 4.79 Å². The van der Waals surface area contributed by atoms with Crippen LogP contribution in [0.5, 0.6) is 0 Å². The number of carboxylic acid groups (broad SMARTS) is 1. The van der Waals surface area contributed by atoms with Crippen molar-refractivity contribution < 1.29 is 23.1 Å². The Morgan fingerprint density at radius 1 is 1.16 bits per heavy atom. The Balaban J connectivity index is 2.51. The Morgan fingerprint density at radius 2 is 1.74 bits per heavy atom. The Hall–Kier alpha value is -2.09. The lowest BCUT2D eigenvalue weighted by atomic mass is 10.2. The Bertz CT molecular complexity index is 565. The number of urea groups is 1. The van der Waals surface area contributed by atoms with Crippen molar-refractivity contribution in [2.45, 2.75) is 11.4 Å². The fourth-order valence-corrected chi connectivity index (χ4v) is 1.89. The van der Waals surface area contributed by atoms with Crippen molar-refractivity contribution in [2.24, 2.45) is 0 Å². The molecule has 0 bridgehead atoms. The van der Waals surface area contributed by atoms with Crippen molar-refractivity contribution >= 4 is 21.8 Å². The molecule has 0 aromatic heterocycles. The minimum Gasteiger partial charge on any atom is -0.480 e. The van der Waals surface area contributed by atoms with E-state index in [-0.39, 0.29) is 11.4 Å². The Kier molecular flexibility index (Phi) is 4.87. The van der Waals surface area contributed by atoms with Gasteiger partial charge in [0.2, 0.25) is 0 Å². The van der Waals surface area contributed by atoms with E-state index in [2.05, 4.69) is 10.6 Å². The number of hydrogen-bond donors (Lipinski definition) is 3. The maximum absolute atomic E-state index is 11.2. The minimum atomic E-state index is -3.23. The van der Waals surface area contributed by atoms with Gasteiger partial charge in [-0.25, -0.2) is 13.2 Å². The van der Waals surface area contributed by atoms with Gasteiger partial charge >= 0.3 is 12.0 Å². The first-order valence-electron chi connectivity index (χ1n) is 5.31. The Morgan fingerprint density at radius 3 is 2.21 bits per heavy atom. The van der Waals surface area contributed by atoms with Gasteiger partial charge in [0.15, 0.2) is 9.84 Å². The zero-order valence-electron chi connectivity index (χ0n) is 10.2. The van der Waals surface area contributed by atoms with Gasteiger partial charge in [0.05, 0.1) is 4.90 Å². The number of hydrogen-bond acceptors (Lipinski definition) is 4. The molecule has 0 spiro atoms. The van der Waals surface area contributed by atoms with Crippen LogP contribution in [-0.2, 0) is 21.2 Å². The molecule has 1 aromatic carbocycles. The summed E-state index contributed by atoms with van der Waals surface area (Å²) in [6.45, 7) is -0.283. The third-order valence-corrected chi connectivity index (χ3v) is 3.33. The van der Waals surface area contributed by atoms with E-state index in [9.17, 15) is 18.0 Å². The fourth-order valence-electron chi connectivity index (χ4n) is 1.26. The molecule has 0 fully saturated rings. The summed E-state index contributed by atoms with van der Waals surface area (Å²) in [5, 5.41) is 12.9. The van der Waals surface area contributed by atoms with Crippen molar-refractivity contribution in [3.63, 3.8) is 0 Å². The molecule has 104 valence electrons. The second-order valence-electron chi connectivity index (χ2n) is 3.85. The predicted octanol–water partition coefficient (Wildman–Crippen LogP) is -0.0261. The lowest BCUT2D eigenvalue weighted by molar-refractivity contribution is -0.135. The lowest BCUT2D eigenvalue weighted by Crippen LogP contribution is -2.37. The van der Waals surface area contributed by atoms with Gasteiger partial charge < -0.3 is 15.7 Å². The minimum absolute atomic E-state index is 0.176. The molecule has 8 heteroatoms. The number of nitrogens with one attached hydrogen (secondary N) is 2. The molecule has 0 aliphatic rings. The number of amides is 2. The quantitative estimate of drug-likeness (QED) is 0.704. The number of aliphatic carboxylic acids is 1. The smallest absolute Gasteiger partial charge is 0.323 e. The van der Waals surface area contributed by atoms with Crippen LogP contribution in [0.3, 0.4) is 0 Å². The third-order valence-electron chi connectivity index (χ3n) is 2.20. The highest BCUT2D eigenvalue weighted by Crippen LogP contribution is 2.09. The number of carbonyl (C=O) groups excluding carboxylic acids is 1. The van der Waals surface area contributed by atoms with Crippen LogP contribution in [-0.4, -0.2) is 38.3 Å². The molecule has 0 saturated heterocycles. The molecule has 19 heavy (non-hydrogen) atoms. The molecular weight excluding hydrogens is 272 g/mol. The maximum Gasteiger partial charge on any atom is 0.323 e. The summed E-state index contributed by atoms with van der Waals surface area (Å²) in [4.78, 5) is 21.6. The number of sulfone groups is 1. The second kappa shape index (κ2) is 6.19. The Labute approximate surface area is 110 Å². The van der Waals surface area contributed by atoms with Gasteiger partial charge in [0.25, 0.3) is 0 Å². The van der Waals surface area contributed by atoms with Crippen LogP contribution >= 0.6 is 0 Å². The van der Waals surface area contributed by atoms with Crippen LogP contribution in [0.15, 0.2) is 29.2 Å². The van der Waals surface area contributed by atoms with Crippen LogP contribution in [0.4, 0.5) is 4.79 Å². The van der Waals surface area contributed by atoms with Gasteiger partial charge in [-0.05, 0) is 17.7 Å². The van der Waals surface area contributed by atoms with Gasteiger partial charge in [-0.2, -0.15) is 0 Å². The molecule has 1 rings (SSSR count). The van der Waals surface area contributed by atoms with Crippen molar-refractivity contribution in [1.29, 1.82) is 0 Å². The van der Waals surface area contributed by atoms with Crippen LogP contribution in [0, 0.1) is 0 Å². The normalized spacial score (nSPS) is 10.8. The van der Waals surface area contributed by atoms with E-state index in [1.807, 2.05) is 0 Å². The zero-order chi connectivity index (χ0) is 14.5. The van der Waals surface area contributed by atoms with Crippen molar-refractivity contribution in [2.75, 3.05) is 12.8 Å². The summed E-state index contributed by atoms with van der Waals surface area (Å²) < 4.78 is 22.4. The van der Waals surface area contributed by atoms with Crippen LogP contribution in [0.2, 0.25) is 0 Å².